The van der Waals surface area contributed by atoms with Crippen molar-refractivity contribution >= 4 is 11.9 Å². The first-order chi connectivity index (χ1) is 15.3. The lowest BCUT2D eigenvalue weighted by Gasteiger charge is -2.50. The zero-order valence-corrected chi connectivity index (χ0v) is 19.1. The second-order valence-corrected chi connectivity index (χ2v) is 10.2. The van der Waals surface area contributed by atoms with Crippen LogP contribution in [-0.2, 0) is 26.2 Å². The van der Waals surface area contributed by atoms with Gasteiger partial charge in [0.05, 0.1) is 30.4 Å². The van der Waals surface area contributed by atoms with E-state index in [1.165, 1.54) is 0 Å². The Labute approximate surface area is 189 Å². The molecule has 1 amide bonds. The molecule has 2 aliphatic heterocycles. The van der Waals surface area contributed by atoms with Crippen LogP contribution in [0.4, 0.5) is 0 Å². The molecule has 2 N–H and O–H groups in total. The molecule has 1 aromatic rings. The van der Waals surface area contributed by atoms with E-state index in [-0.39, 0.29) is 41.3 Å². The Morgan fingerprint density at radius 2 is 2.09 bits per heavy atom. The van der Waals surface area contributed by atoms with Gasteiger partial charge < -0.3 is 15.2 Å². The van der Waals surface area contributed by atoms with Crippen molar-refractivity contribution in [2.45, 2.75) is 63.7 Å². The molecular formula is C25H32N4O3. The van der Waals surface area contributed by atoms with Crippen LogP contribution < -0.4 is 5.73 Å². The molecule has 1 aromatic carbocycles. The lowest BCUT2D eigenvalue weighted by atomic mass is 9.56. The van der Waals surface area contributed by atoms with Crippen molar-refractivity contribution in [1.29, 1.82) is 5.26 Å². The molecule has 6 atom stereocenters. The van der Waals surface area contributed by atoms with Crippen LogP contribution in [0, 0.1) is 28.6 Å². The molecule has 0 bridgehead atoms. The number of methoxy groups -OCH3 is 1. The summed E-state index contributed by atoms with van der Waals surface area (Å²) in [6.07, 6.45) is 4.47. The van der Waals surface area contributed by atoms with Gasteiger partial charge in [0.15, 0.2) is 11.5 Å². The van der Waals surface area contributed by atoms with Gasteiger partial charge >= 0.3 is 0 Å². The second kappa shape index (κ2) is 7.57. The minimum atomic E-state index is -1.08. The summed E-state index contributed by atoms with van der Waals surface area (Å²) in [6.45, 7) is 5.57. The van der Waals surface area contributed by atoms with Crippen LogP contribution >= 0.6 is 0 Å². The average molecular weight is 437 g/mol. The number of carbonyl (C=O) groups is 1. The predicted octanol–water partition coefficient (Wildman–Crippen LogP) is 2.71. The highest BCUT2D eigenvalue weighted by Gasteiger charge is 2.68. The Bertz CT molecular complexity index is 997. The van der Waals surface area contributed by atoms with E-state index in [0.717, 1.165) is 49.8 Å². The summed E-state index contributed by atoms with van der Waals surface area (Å²) in [4.78, 5) is 20.9. The number of carbonyl (C=O) groups excluding carboxylic acids is 1. The molecule has 1 saturated carbocycles. The van der Waals surface area contributed by atoms with Gasteiger partial charge in [0.25, 0.3) is 5.91 Å². The topological polar surface area (TPSA) is 101 Å². The highest BCUT2D eigenvalue weighted by atomic mass is 16.5. The van der Waals surface area contributed by atoms with Crippen molar-refractivity contribution in [2.75, 3.05) is 20.3 Å². The molecule has 5 rings (SSSR count). The van der Waals surface area contributed by atoms with E-state index in [4.69, 9.17) is 20.2 Å². The van der Waals surface area contributed by atoms with Gasteiger partial charge in [-0.3, -0.25) is 9.69 Å². The number of ether oxygens (including phenoxy) is 2. The van der Waals surface area contributed by atoms with Crippen molar-refractivity contribution < 1.29 is 14.3 Å². The van der Waals surface area contributed by atoms with E-state index in [1.807, 2.05) is 18.2 Å². The Morgan fingerprint density at radius 1 is 1.34 bits per heavy atom. The molecule has 1 saturated heterocycles. The fourth-order valence-electron chi connectivity index (χ4n) is 7.20. The van der Waals surface area contributed by atoms with Gasteiger partial charge in [0.1, 0.15) is 0 Å². The van der Waals surface area contributed by atoms with Gasteiger partial charge in [-0.1, -0.05) is 19.9 Å². The van der Waals surface area contributed by atoms with Gasteiger partial charge in [0, 0.05) is 19.1 Å². The monoisotopic (exact) mass is 436 g/mol. The minimum Gasteiger partial charge on any atom is -0.381 e. The quantitative estimate of drug-likeness (QED) is 0.785. The van der Waals surface area contributed by atoms with Crippen LogP contribution in [0.5, 0.6) is 0 Å². The van der Waals surface area contributed by atoms with Crippen LogP contribution in [0.15, 0.2) is 23.2 Å². The summed E-state index contributed by atoms with van der Waals surface area (Å²) in [5.41, 5.74) is 7.49. The fourth-order valence-corrected chi connectivity index (χ4v) is 7.20. The Balaban J connectivity index is 1.63. The van der Waals surface area contributed by atoms with Crippen LogP contribution in [0.1, 0.15) is 56.2 Å². The third kappa shape index (κ3) is 2.85. The van der Waals surface area contributed by atoms with Crippen molar-refractivity contribution in [3.05, 3.63) is 34.9 Å². The van der Waals surface area contributed by atoms with Crippen LogP contribution in [0.3, 0.4) is 0 Å². The van der Waals surface area contributed by atoms with Crippen molar-refractivity contribution in [2.24, 2.45) is 28.0 Å². The summed E-state index contributed by atoms with van der Waals surface area (Å²) in [5.74, 6) is 0.771. The molecule has 2 unspecified atom stereocenters. The minimum absolute atomic E-state index is 0.00723. The van der Waals surface area contributed by atoms with Gasteiger partial charge in [-0.05, 0) is 67.2 Å². The first kappa shape index (κ1) is 21.4. The molecule has 7 nitrogen and oxygen atoms in total. The normalized spacial score (nSPS) is 38.4. The smallest absolute Gasteiger partial charge is 0.262 e. The molecule has 32 heavy (non-hydrogen) atoms. The number of fused-ring (bicyclic) bond motifs is 3. The van der Waals surface area contributed by atoms with Crippen LogP contribution in [0.25, 0.3) is 0 Å². The van der Waals surface area contributed by atoms with Crippen LogP contribution in [0.2, 0.25) is 0 Å². The third-order valence-corrected chi connectivity index (χ3v) is 8.27. The van der Waals surface area contributed by atoms with Gasteiger partial charge in [-0.25, -0.2) is 4.99 Å². The SMILES string of the molecule is COC1[C@H](C)CC2(Cc3ccc(C#N)cc3[C@]23N=C(N)N(C[C@@H]2CCCO2)C3=O)C[C@@H]1C. The number of nitriles is 1. The average Bonchev–Trinajstić information content (AvgIpc) is 3.42. The standard InChI is InChI=1S/C25H32N4O3/c1-15-10-24(11-16(2)21(15)31-3)12-18-7-6-17(13-26)9-20(18)25(24)22(30)29(23(27)28-25)14-19-5-4-8-32-19/h6-7,9,15-16,19,21H,4-5,8,10-12,14H2,1-3H3,(H2,27,28)/t15-,16+,19-,21?,24?,25+/m0/s1. The van der Waals surface area contributed by atoms with E-state index in [0.29, 0.717) is 12.1 Å². The summed E-state index contributed by atoms with van der Waals surface area (Å²) >= 11 is 0. The summed E-state index contributed by atoms with van der Waals surface area (Å²) in [6, 6.07) is 7.95. The first-order valence-electron chi connectivity index (χ1n) is 11.7. The number of guanidine groups is 1. The third-order valence-electron chi connectivity index (χ3n) is 8.27. The number of benzene rings is 1. The second-order valence-electron chi connectivity index (χ2n) is 10.2. The van der Waals surface area contributed by atoms with Crippen molar-refractivity contribution in [1.82, 2.24) is 4.90 Å². The molecule has 0 aromatic heterocycles. The molecule has 4 aliphatic rings. The first-order valence-corrected chi connectivity index (χ1v) is 11.7. The molecule has 2 spiro atoms. The maximum atomic E-state index is 14.3. The van der Waals surface area contributed by atoms with E-state index in [1.54, 1.807) is 12.0 Å². The number of nitrogens with two attached hydrogens (primary N) is 1. The molecule has 2 heterocycles. The Morgan fingerprint density at radius 3 is 2.72 bits per heavy atom. The maximum absolute atomic E-state index is 14.3. The summed E-state index contributed by atoms with van der Waals surface area (Å²) in [5, 5.41) is 9.57. The zero-order valence-electron chi connectivity index (χ0n) is 19.1. The summed E-state index contributed by atoms with van der Waals surface area (Å²) in [7, 11) is 1.77. The fraction of sp³-hybridized carbons (Fsp3) is 0.640. The van der Waals surface area contributed by atoms with E-state index >= 15 is 0 Å². The number of nitrogens with zero attached hydrogens (tertiary/aromatic N) is 3. The van der Waals surface area contributed by atoms with Crippen molar-refractivity contribution in [3.8, 4) is 6.07 Å². The van der Waals surface area contributed by atoms with Gasteiger partial charge in [0.2, 0.25) is 0 Å². The number of hydrogen-bond donors (Lipinski definition) is 1. The number of rotatable bonds is 3. The van der Waals surface area contributed by atoms with Gasteiger partial charge in [-0.2, -0.15) is 5.26 Å². The van der Waals surface area contributed by atoms with Gasteiger partial charge in [-0.15, -0.1) is 0 Å². The lowest BCUT2D eigenvalue weighted by molar-refractivity contribution is -0.143. The maximum Gasteiger partial charge on any atom is 0.262 e. The van der Waals surface area contributed by atoms with Crippen LogP contribution in [-0.4, -0.2) is 49.2 Å². The molecule has 2 aliphatic carbocycles. The molecule has 170 valence electrons. The molecular weight excluding hydrogens is 404 g/mol. The number of hydrogen-bond acceptors (Lipinski definition) is 6. The Kier molecular flexibility index (Phi) is 5.06. The lowest BCUT2D eigenvalue weighted by Crippen LogP contribution is -2.56. The zero-order chi connectivity index (χ0) is 22.7. The largest absolute Gasteiger partial charge is 0.381 e. The highest BCUT2D eigenvalue weighted by Crippen LogP contribution is 2.63. The molecule has 0 radical (unpaired) electrons. The highest BCUT2D eigenvalue weighted by molar-refractivity contribution is 6.08. The summed E-state index contributed by atoms with van der Waals surface area (Å²) < 4.78 is 11.6. The van der Waals surface area contributed by atoms with E-state index in [2.05, 4.69) is 19.9 Å². The predicted molar refractivity (Wildman–Crippen MR) is 120 cm³/mol. The van der Waals surface area contributed by atoms with E-state index < -0.39 is 5.54 Å². The van der Waals surface area contributed by atoms with E-state index in [9.17, 15) is 10.1 Å². The molecule has 2 fully saturated rings. The Hall–Kier alpha value is -2.43. The van der Waals surface area contributed by atoms with Crippen molar-refractivity contribution in [3.63, 3.8) is 0 Å². The number of aliphatic imine (C=N–C) groups is 1. The number of amides is 1. The molecule has 7 heteroatoms.